The molecule has 1 aromatic carbocycles. The molecule has 3 fully saturated rings. The predicted octanol–water partition coefficient (Wildman–Crippen LogP) is 4.56. The molecule has 0 N–H and O–H groups in total. The van der Waals surface area contributed by atoms with E-state index in [1.165, 1.54) is 0 Å². The topological polar surface area (TPSA) is 171 Å². The van der Waals surface area contributed by atoms with E-state index in [1.54, 1.807) is 9.80 Å². The molecule has 2 aromatic rings. The van der Waals surface area contributed by atoms with Crippen LogP contribution in [0.1, 0.15) is 69.7 Å². The molecule has 17 nitrogen and oxygen atoms in total. The molecule has 1 unspecified atom stereocenters. The molecule has 330 valence electrons. The second-order valence-electron chi connectivity index (χ2n) is 16.6. The van der Waals surface area contributed by atoms with Crippen LogP contribution in [0.4, 0.5) is 15.4 Å². The molecule has 4 atom stereocenters. The van der Waals surface area contributed by atoms with E-state index in [0.717, 1.165) is 50.0 Å². The lowest BCUT2D eigenvalue weighted by Crippen LogP contribution is -2.56. The van der Waals surface area contributed by atoms with Crippen molar-refractivity contribution in [3.63, 3.8) is 0 Å². The zero-order chi connectivity index (χ0) is 42.3. The summed E-state index contributed by atoms with van der Waals surface area (Å²) in [6.45, 7) is 12.3. The summed E-state index contributed by atoms with van der Waals surface area (Å²) in [6, 6.07) is 11.6. The van der Waals surface area contributed by atoms with Crippen LogP contribution in [0.2, 0.25) is 0 Å². The highest BCUT2D eigenvalue weighted by Gasteiger charge is 2.36. The van der Waals surface area contributed by atoms with Crippen LogP contribution in [0.3, 0.4) is 0 Å². The van der Waals surface area contributed by atoms with E-state index in [1.807, 2.05) is 58.2 Å². The van der Waals surface area contributed by atoms with Gasteiger partial charge in [0.25, 0.3) is 0 Å². The Morgan fingerprint density at radius 3 is 2.42 bits per heavy atom. The molecule has 0 radical (unpaired) electrons. The van der Waals surface area contributed by atoms with Crippen molar-refractivity contribution in [3.8, 4) is 12.1 Å². The molecule has 17 heteroatoms. The van der Waals surface area contributed by atoms with Gasteiger partial charge in [0, 0.05) is 50.9 Å². The molecule has 5 heterocycles. The maximum atomic E-state index is 13.3. The summed E-state index contributed by atoms with van der Waals surface area (Å²) in [4.78, 5) is 43.8. The van der Waals surface area contributed by atoms with Gasteiger partial charge < -0.3 is 52.6 Å². The minimum atomic E-state index is -0.642. The maximum absolute atomic E-state index is 13.3. The van der Waals surface area contributed by atoms with E-state index in [9.17, 15) is 14.9 Å². The molecule has 6 rings (SSSR count). The molecule has 0 aliphatic carbocycles. The molecule has 2 amide bonds. The molecule has 3 saturated heterocycles. The molecule has 4 aliphatic heterocycles. The smallest absolute Gasteiger partial charge is 0.410 e. The number of hydrogen-bond acceptors (Lipinski definition) is 15. The number of nitrogens with zero attached hydrogens (tertiary/aromatic N) is 7. The Balaban J connectivity index is 1.02. The van der Waals surface area contributed by atoms with Crippen LogP contribution >= 0.6 is 0 Å². The van der Waals surface area contributed by atoms with E-state index in [0.29, 0.717) is 90.4 Å². The first-order valence-corrected chi connectivity index (χ1v) is 21.4. The van der Waals surface area contributed by atoms with Gasteiger partial charge in [-0.15, -0.1) is 0 Å². The molecule has 0 saturated carbocycles. The number of likely N-dealkylation sites (N-methyl/N-ethyl adjacent to an activating group) is 1. The van der Waals surface area contributed by atoms with Crippen molar-refractivity contribution in [2.45, 2.75) is 103 Å². The summed E-state index contributed by atoms with van der Waals surface area (Å²) in [5, 5.41) is 9.77. The number of fused-ring (bicyclic) bond motifs is 1. The lowest BCUT2D eigenvalue weighted by atomic mass is 10.0. The van der Waals surface area contributed by atoms with E-state index in [-0.39, 0.29) is 44.0 Å². The number of ether oxygens (including phenoxy) is 8. The van der Waals surface area contributed by atoms with Crippen LogP contribution in [0.25, 0.3) is 0 Å². The first-order chi connectivity index (χ1) is 29.1. The number of nitriles is 1. The fraction of sp³-hybridized carbons (Fsp3) is 0.698. The normalized spacial score (nSPS) is 22.3. The van der Waals surface area contributed by atoms with Crippen LogP contribution in [-0.2, 0) is 52.7 Å². The van der Waals surface area contributed by atoms with Crippen molar-refractivity contribution in [1.29, 1.82) is 5.26 Å². The third kappa shape index (κ3) is 13.6. The van der Waals surface area contributed by atoms with Crippen molar-refractivity contribution in [2.75, 3.05) is 97.5 Å². The van der Waals surface area contributed by atoms with Gasteiger partial charge in [-0.05, 0) is 65.5 Å². The minimum Gasteiger partial charge on any atom is -0.462 e. The van der Waals surface area contributed by atoms with Crippen LogP contribution in [0.5, 0.6) is 6.01 Å². The number of rotatable bonds is 18. The SMILES string of the molecule is CN1C[C@H](OCCOCCOCCOC2CCCCO2)C[C@H]1COc1nc2c(c(N3CCN(C(=O)OCc4ccccc4)[C@@H](CC#N)C3)n1)CCN(C(=O)OC(C)(C)C)C2. The van der Waals surface area contributed by atoms with E-state index in [4.69, 9.17) is 47.9 Å². The van der Waals surface area contributed by atoms with Crippen molar-refractivity contribution in [1.82, 2.24) is 24.7 Å². The third-order valence-electron chi connectivity index (χ3n) is 10.9. The highest BCUT2D eigenvalue weighted by molar-refractivity contribution is 5.70. The Bertz CT molecular complexity index is 1700. The fourth-order valence-electron chi connectivity index (χ4n) is 7.76. The standard InChI is InChI=1S/C43H63N7O10/c1-43(2,3)60-41(51)49-16-14-36-37(29-49)45-40(46-39(36)48-17-18-50(33(27-48)13-15-44)42(52)59-30-32-10-6-5-7-11-32)58-31-34-26-35(28-47(34)4)55-24-22-53-20-21-54-23-25-57-38-12-8-9-19-56-38/h5-7,10-11,33-35,38H,8-9,12-14,16-31H2,1-4H3/t33-,34-,35+,38?/m0/s1. The molecule has 0 spiro atoms. The fourth-order valence-corrected chi connectivity index (χ4v) is 7.76. The number of carbonyl (C=O) groups excluding carboxylic acids is 2. The average Bonchev–Trinajstić information content (AvgIpc) is 3.60. The summed E-state index contributed by atoms with van der Waals surface area (Å²) < 4.78 is 46.5. The first kappa shape index (κ1) is 45.2. The maximum Gasteiger partial charge on any atom is 0.410 e. The van der Waals surface area contributed by atoms with Gasteiger partial charge in [-0.25, -0.2) is 9.59 Å². The molecular formula is C43H63N7O10. The highest BCUT2D eigenvalue weighted by Crippen LogP contribution is 2.32. The number of hydrogen-bond donors (Lipinski definition) is 0. The Labute approximate surface area is 354 Å². The first-order valence-electron chi connectivity index (χ1n) is 21.4. The van der Waals surface area contributed by atoms with Gasteiger partial charge in [0.15, 0.2) is 6.29 Å². The van der Waals surface area contributed by atoms with Gasteiger partial charge in [-0.2, -0.15) is 15.2 Å². The second kappa shape index (κ2) is 22.5. The number of piperazine rings is 1. The number of amides is 2. The second-order valence-corrected chi connectivity index (χ2v) is 16.6. The zero-order valence-corrected chi connectivity index (χ0v) is 35.8. The van der Waals surface area contributed by atoms with Gasteiger partial charge in [0.05, 0.1) is 76.5 Å². The third-order valence-corrected chi connectivity index (χ3v) is 10.9. The van der Waals surface area contributed by atoms with Gasteiger partial charge in [-0.3, -0.25) is 4.90 Å². The average molecular weight is 838 g/mol. The summed E-state index contributed by atoms with van der Waals surface area (Å²) in [5.41, 5.74) is 1.84. The number of carbonyl (C=O) groups is 2. The van der Waals surface area contributed by atoms with Crippen molar-refractivity contribution in [2.24, 2.45) is 0 Å². The van der Waals surface area contributed by atoms with Crippen molar-refractivity contribution in [3.05, 3.63) is 47.2 Å². The molecule has 0 bridgehead atoms. The van der Waals surface area contributed by atoms with Crippen LogP contribution < -0.4 is 9.64 Å². The summed E-state index contributed by atoms with van der Waals surface area (Å²) in [7, 11) is 2.05. The molecular weight excluding hydrogens is 775 g/mol. The zero-order valence-electron chi connectivity index (χ0n) is 35.8. The largest absolute Gasteiger partial charge is 0.462 e. The van der Waals surface area contributed by atoms with E-state index in [2.05, 4.69) is 15.9 Å². The lowest BCUT2D eigenvalue weighted by molar-refractivity contribution is -0.169. The Morgan fingerprint density at radius 2 is 1.68 bits per heavy atom. The van der Waals surface area contributed by atoms with Crippen molar-refractivity contribution < 1.29 is 47.5 Å². The van der Waals surface area contributed by atoms with Gasteiger partial charge in [0.1, 0.15) is 24.6 Å². The van der Waals surface area contributed by atoms with E-state index >= 15 is 0 Å². The summed E-state index contributed by atoms with van der Waals surface area (Å²) in [5.74, 6) is 0.688. The van der Waals surface area contributed by atoms with E-state index < -0.39 is 23.8 Å². The monoisotopic (exact) mass is 837 g/mol. The number of benzene rings is 1. The quantitative estimate of drug-likeness (QED) is 0.192. The van der Waals surface area contributed by atoms with Gasteiger partial charge in [-0.1, -0.05) is 30.3 Å². The number of aromatic nitrogens is 2. The predicted molar refractivity (Wildman–Crippen MR) is 219 cm³/mol. The number of likely N-dealkylation sites (tertiary alicyclic amines) is 1. The Hall–Kier alpha value is -4.31. The minimum absolute atomic E-state index is 0.0257. The highest BCUT2D eigenvalue weighted by atomic mass is 16.7. The van der Waals surface area contributed by atoms with Gasteiger partial charge in [0.2, 0.25) is 0 Å². The Kier molecular flexibility index (Phi) is 17.0. The molecule has 4 aliphatic rings. The van der Waals surface area contributed by atoms with Crippen LogP contribution in [0.15, 0.2) is 30.3 Å². The number of anilines is 1. The van der Waals surface area contributed by atoms with Gasteiger partial charge >= 0.3 is 18.2 Å². The van der Waals surface area contributed by atoms with Crippen molar-refractivity contribution >= 4 is 18.0 Å². The Morgan fingerprint density at radius 1 is 0.917 bits per heavy atom. The van der Waals surface area contributed by atoms with Crippen LogP contribution in [-0.4, -0.2) is 160 Å². The molecule has 60 heavy (non-hydrogen) atoms. The van der Waals surface area contributed by atoms with Crippen LogP contribution in [0, 0.1) is 11.3 Å². The summed E-state index contributed by atoms with van der Waals surface area (Å²) >= 11 is 0. The summed E-state index contributed by atoms with van der Waals surface area (Å²) in [6.07, 6.45) is 3.66. The lowest BCUT2D eigenvalue weighted by Gasteiger charge is -2.41. The molecule has 1 aromatic heterocycles.